The number of rotatable bonds is 10. The van der Waals surface area contributed by atoms with E-state index in [1.807, 2.05) is 56.5 Å². The van der Waals surface area contributed by atoms with Crippen molar-refractivity contribution < 1.29 is 14.3 Å². The third-order valence-electron chi connectivity index (χ3n) is 4.29. The normalized spacial score (nSPS) is 12.1. The number of aryl methyl sites for hydroxylation is 1. The zero-order valence-corrected chi connectivity index (χ0v) is 19.8. The third-order valence-corrected chi connectivity index (χ3v) is 6.22. The molecule has 1 N–H and O–H groups in total. The lowest BCUT2D eigenvalue weighted by Crippen LogP contribution is -2.16. The molecule has 0 bridgehead atoms. The third kappa shape index (κ3) is 5.95. The fraction of sp³-hybridized carbons (Fsp3) is 0.450. The molecule has 2 aromatic heterocycles. The Balaban J connectivity index is 1.65. The van der Waals surface area contributed by atoms with E-state index in [2.05, 4.69) is 25.7 Å². The van der Waals surface area contributed by atoms with Crippen molar-refractivity contribution in [3.05, 3.63) is 35.1 Å². The molecule has 3 aromatic rings. The number of benzene rings is 1. The Morgan fingerprint density at radius 2 is 1.84 bits per heavy atom. The Bertz CT molecular complexity index is 1000. The molecule has 0 fully saturated rings. The number of thioether (sulfide) groups is 1. The maximum Gasteiger partial charge on any atom is 0.236 e. The molecule has 0 aliphatic rings. The molecule has 166 valence electrons. The van der Waals surface area contributed by atoms with E-state index in [1.54, 1.807) is 7.11 Å². The van der Waals surface area contributed by atoms with Gasteiger partial charge in [0.2, 0.25) is 11.0 Å². The number of ether oxygens (including phenoxy) is 2. The average molecular weight is 463 g/mol. The highest BCUT2D eigenvalue weighted by atomic mass is 32.2. The predicted molar refractivity (Wildman–Crippen MR) is 121 cm³/mol. The lowest BCUT2D eigenvalue weighted by atomic mass is 10.3. The molecule has 0 radical (unpaired) electrons. The summed E-state index contributed by atoms with van der Waals surface area (Å²) in [6, 6.07) is 7.49. The molecule has 1 unspecified atom stereocenters. The number of amides is 1. The molecule has 0 aliphatic heterocycles. The van der Waals surface area contributed by atoms with Crippen molar-refractivity contribution in [3.8, 4) is 11.5 Å². The minimum absolute atomic E-state index is 0.104. The Hall–Kier alpha value is -2.66. The lowest BCUT2D eigenvalue weighted by molar-refractivity contribution is -0.113. The van der Waals surface area contributed by atoms with Crippen LogP contribution in [0, 0.1) is 0 Å². The van der Waals surface area contributed by atoms with E-state index >= 15 is 0 Å². The van der Waals surface area contributed by atoms with Crippen molar-refractivity contribution in [2.75, 3.05) is 18.2 Å². The van der Waals surface area contributed by atoms with E-state index in [-0.39, 0.29) is 23.8 Å². The molecule has 1 aromatic carbocycles. The van der Waals surface area contributed by atoms with Gasteiger partial charge in [0.05, 0.1) is 12.9 Å². The Kier molecular flexibility index (Phi) is 7.85. The largest absolute Gasteiger partial charge is 0.497 e. The summed E-state index contributed by atoms with van der Waals surface area (Å²) in [5.41, 5.74) is 0. The summed E-state index contributed by atoms with van der Waals surface area (Å²) in [7, 11) is 1.62. The average Bonchev–Trinajstić information content (AvgIpc) is 3.39. The Morgan fingerprint density at radius 3 is 2.45 bits per heavy atom. The molecule has 0 spiro atoms. The summed E-state index contributed by atoms with van der Waals surface area (Å²) < 4.78 is 13.2. The molecule has 0 saturated carbocycles. The summed E-state index contributed by atoms with van der Waals surface area (Å²) in [6.07, 6.45) is 0.472. The molecule has 11 heteroatoms. The van der Waals surface area contributed by atoms with Crippen LogP contribution in [0.3, 0.4) is 0 Å². The summed E-state index contributed by atoms with van der Waals surface area (Å²) in [5, 5.41) is 21.5. The maximum atomic E-state index is 12.3. The minimum atomic E-state index is -0.319. The smallest absolute Gasteiger partial charge is 0.236 e. The first-order chi connectivity index (χ1) is 14.9. The second-order valence-electron chi connectivity index (χ2n) is 6.93. The summed E-state index contributed by atoms with van der Waals surface area (Å²) in [4.78, 5) is 12.3. The first-order valence-electron chi connectivity index (χ1n) is 9.91. The van der Waals surface area contributed by atoms with Gasteiger partial charge in [0.15, 0.2) is 17.1 Å². The lowest BCUT2D eigenvalue weighted by Gasteiger charge is -2.19. The molecular formula is C20H26N6O3S2. The van der Waals surface area contributed by atoms with Crippen LogP contribution < -0.4 is 14.8 Å². The van der Waals surface area contributed by atoms with Crippen LogP contribution in [-0.2, 0) is 11.2 Å². The van der Waals surface area contributed by atoms with Crippen LogP contribution in [-0.4, -0.2) is 43.7 Å². The number of hydrogen-bond donors (Lipinski definition) is 1. The predicted octanol–water partition coefficient (Wildman–Crippen LogP) is 4.15. The number of carbonyl (C=O) groups is 1. The molecule has 1 amide bonds. The summed E-state index contributed by atoms with van der Waals surface area (Å²) in [5.74, 6) is 2.21. The van der Waals surface area contributed by atoms with Crippen LogP contribution in [0.5, 0.6) is 11.5 Å². The van der Waals surface area contributed by atoms with Crippen molar-refractivity contribution in [1.82, 2.24) is 25.0 Å². The van der Waals surface area contributed by atoms with E-state index in [0.717, 1.165) is 17.2 Å². The van der Waals surface area contributed by atoms with Gasteiger partial charge >= 0.3 is 0 Å². The number of carbonyl (C=O) groups excluding carboxylic acids is 1. The Morgan fingerprint density at radius 1 is 1.13 bits per heavy atom. The summed E-state index contributed by atoms with van der Waals surface area (Å²) >= 11 is 2.71. The highest BCUT2D eigenvalue weighted by Crippen LogP contribution is 2.28. The van der Waals surface area contributed by atoms with Gasteiger partial charge in [-0.2, -0.15) is 0 Å². The molecule has 3 rings (SSSR count). The summed E-state index contributed by atoms with van der Waals surface area (Å²) in [6.45, 7) is 8.02. The van der Waals surface area contributed by atoms with E-state index in [1.165, 1.54) is 23.1 Å². The van der Waals surface area contributed by atoms with Gasteiger partial charge in [-0.15, -0.1) is 20.4 Å². The highest BCUT2D eigenvalue weighted by molar-refractivity contribution is 7.99. The fourth-order valence-corrected chi connectivity index (χ4v) is 4.36. The second-order valence-corrected chi connectivity index (χ2v) is 8.94. The number of nitrogens with one attached hydrogen (secondary N) is 1. The van der Waals surface area contributed by atoms with Crippen LogP contribution in [0.1, 0.15) is 50.7 Å². The first-order valence-corrected chi connectivity index (χ1v) is 11.7. The van der Waals surface area contributed by atoms with Gasteiger partial charge in [0.25, 0.3) is 0 Å². The molecule has 9 nitrogen and oxygen atoms in total. The van der Waals surface area contributed by atoms with Crippen molar-refractivity contribution in [1.29, 1.82) is 0 Å². The number of aromatic nitrogens is 5. The maximum absolute atomic E-state index is 12.3. The highest BCUT2D eigenvalue weighted by Gasteiger charge is 2.22. The van der Waals surface area contributed by atoms with Crippen LogP contribution in [0.4, 0.5) is 5.13 Å². The van der Waals surface area contributed by atoms with E-state index in [9.17, 15) is 4.79 Å². The molecule has 31 heavy (non-hydrogen) atoms. The zero-order valence-electron chi connectivity index (χ0n) is 18.2. The number of hydrogen-bond acceptors (Lipinski definition) is 9. The standard InChI is InChI=1S/C20H26N6O3S2/c1-6-17-22-24-19(31-17)21-16(27)11-30-20-25-23-18(26(20)12(2)3)13(4)29-15-9-7-14(28-5)8-10-15/h7-10,12-13H,6,11H2,1-5H3,(H,21,24,27). The molecule has 0 aliphatic carbocycles. The van der Waals surface area contributed by atoms with E-state index in [0.29, 0.717) is 21.9 Å². The molecule has 1 atom stereocenters. The van der Waals surface area contributed by atoms with Gasteiger partial charge in [-0.1, -0.05) is 30.0 Å². The zero-order chi connectivity index (χ0) is 22.4. The molecule has 0 saturated heterocycles. The minimum Gasteiger partial charge on any atom is -0.497 e. The number of methoxy groups -OCH3 is 1. The molecular weight excluding hydrogens is 436 g/mol. The number of anilines is 1. The van der Waals surface area contributed by atoms with Gasteiger partial charge in [0, 0.05) is 6.04 Å². The fourth-order valence-electron chi connectivity index (χ4n) is 2.79. The molecule has 2 heterocycles. The second kappa shape index (κ2) is 10.6. The van der Waals surface area contributed by atoms with Crippen LogP contribution >= 0.6 is 23.1 Å². The van der Waals surface area contributed by atoms with Gasteiger partial charge < -0.3 is 14.0 Å². The van der Waals surface area contributed by atoms with Crippen molar-refractivity contribution in [3.63, 3.8) is 0 Å². The van der Waals surface area contributed by atoms with E-state index in [4.69, 9.17) is 9.47 Å². The quantitative estimate of drug-likeness (QED) is 0.448. The van der Waals surface area contributed by atoms with Gasteiger partial charge in [0.1, 0.15) is 16.5 Å². The monoisotopic (exact) mass is 462 g/mol. The SMILES string of the molecule is CCc1nnc(NC(=O)CSc2nnc(C(C)Oc3ccc(OC)cc3)n2C(C)C)s1. The van der Waals surface area contributed by atoms with Crippen molar-refractivity contribution in [2.45, 2.75) is 51.4 Å². The van der Waals surface area contributed by atoms with E-state index < -0.39 is 0 Å². The number of nitrogens with zero attached hydrogens (tertiary/aromatic N) is 5. The Labute approximate surface area is 189 Å². The van der Waals surface area contributed by atoms with Crippen molar-refractivity contribution >= 4 is 34.1 Å². The topological polar surface area (TPSA) is 104 Å². The van der Waals surface area contributed by atoms with Gasteiger partial charge in [-0.3, -0.25) is 10.1 Å². The first kappa shape index (κ1) is 23.0. The van der Waals surface area contributed by atoms with Crippen LogP contribution in [0.2, 0.25) is 0 Å². The van der Waals surface area contributed by atoms with Gasteiger partial charge in [-0.25, -0.2) is 0 Å². The van der Waals surface area contributed by atoms with Crippen LogP contribution in [0.25, 0.3) is 0 Å². The van der Waals surface area contributed by atoms with Crippen molar-refractivity contribution in [2.24, 2.45) is 0 Å². The van der Waals surface area contributed by atoms with Crippen LogP contribution in [0.15, 0.2) is 29.4 Å². The van der Waals surface area contributed by atoms with Gasteiger partial charge in [-0.05, 0) is 51.5 Å².